The zero-order chi connectivity index (χ0) is 13.9. The van der Waals surface area contributed by atoms with E-state index in [-0.39, 0.29) is 11.9 Å². The molecule has 0 aliphatic heterocycles. The Morgan fingerprint density at radius 2 is 1.95 bits per heavy atom. The van der Waals surface area contributed by atoms with Crippen molar-refractivity contribution in [2.24, 2.45) is 0 Å². The molecule has 0 aliphatic rings. The van der Waals surface area contributed by atoms with Gasteiger partial charge in [0, 0.05) is 23.3 Å². The van der Waals surface area contributed by atoms with E-state index in [1.54, 1.807) is 25.5 Å². The summed E-state index contributed by atoms with van der Waals surface area (Å²) < 4.78 is 14.0. The summed E-state index contributed by atoms with van der Waals surface area (Å²) in [4.78, 5) is 8.24. The summed E-state index contributed by atoms with van der Waals surface area (Å²) in [5, 5.41) is 5.25. The maximum atomic E-state index is 14.0. The summed E-state index contributed by atoms with van der Waals surface area (Å²) in [6.45, 7) is 0. The van der Waals surface area contributed by atoms with Crippen LogP contribution in [0.25, 0.3) is 10.8 Å². The highest BCUT2D eigenvalue weighted by atomic mass is 19.1. The van der Waals surface area contributed by atoms with Crippen LogP contribution in [0.3, 0.4) is 0 Å². The number of nitrogens with zero attached hydrogens (tertiary/aromatic N) is 2. The highest BCUT2D eigenvalue weighted by Gasteiger charge is 2.19. The second-order valence-corrected chi connectivity index (χ2v) is 4.54. The molecule has 0 saturated heterocycles. The molecule has 1 unspecified atom stereocenters. The minimum Gasteiger partial charge on any atom is -0.308 e. The first kappa shape index (κ1) is 12.7. The molecular weight excluding hydrogens is 253 g/mol. The van der Waals surface area contributed by atoms with Crippen LogP contribution in [-0.2, 0) is 0 Å². The van der Waals surface area contributed by atoms with Crippen LogP contribution in [0.4, 0.5) is 4.39 Å². The number of nitrogens with one attached hydrogen (secondary N) is 1. The fraction of sp³-hybridized carbons (Fsp3) is 0.125. The van der Waals surface area contributed by atoms with Gasteiger partial charge in [-0.2, -0.15) is 0 Å². The van der Waals surface area contributed by atoms with Gasteiger partial charge >= 0.3 is 0 Å². The molecule has 0 aliphatic carbocycles. The predicted molar refractivity (Wildman–Crippen MR) is 76.8 cm³/mol. The molecule has 0 spiro atoms. The molecule has 1 N–H and O–H groups in total. The lowest BCUT2D eigenvalue weighted by atomic mass is 9.99. The number of hydrogen-bond donors (Lipinski definition) is 1. The topological polar surface area (TPSA) is 37.8 Å². The van der Waals surface area contributed by atoms with E-state index in [0.29, 0.717) is 5.56 Å². The number of halogens is 1. The van der Waals surface area contributed by atoms with E-state index >= 15 is 0 Å². The van der Waals surface area contributed by atoms with Crippen molar-refractivity contribution in [2.75, 3.05) is 7.05 Å². The van der Waals surface area contributed by atoms with Gasteiger partial charge in [0.25, 0.3) is 0 Å². The van der Waals surface area contributed by atoms with E-state index < -0.39 is 0 Å². The fourth-order valence-corrected chi connectivity index (χ4v) is 2.43. The van der Waals surface area contributed by atoms with Crippen molar-refractivity contribution in [1.29, 1.82) is 0 Å². The van der Waals surface area contributed by atoms with Gasteiger partial charge in [-0.1, -0.05) is 24.3 Å². The van der Waals surface area contributed by atoms with Gasteiger partial charge in [-0.3, -0.25) is 9.97 Å². The van der Waals surface area contributed by atoms with Gasteiger partial charge in [-0.15, -0.1) is 0 Å². The highest BCUT2D eigenvalue weighted by Crippen LogP contribution is 2.27. The van der Waals surface area contributed by atoms with E-state index in [0.717, 1.165) is 16.5 Å². The molecule has 4 heteroatoms. The fourth-order valence-electron chi connectivity index (χ4n) is 2.43. The normalized spacial score (nSPS) is 12.5. The predicted octanol–water partition coefficient (Wildman–Crippen LogP) is 3.08. The average Bonchev–Trinajstić information content (AvgIpc) is 2.50. The molecular formula is C16H14FN3. The lowest BCUT2D eigenvalue weighted by Gasteiger charge is -2.18. The summed E-state index contributed by atoms with van der Waals surface area (Å²) in [6.07, 6.45) is 4.57. The minimum absolute atomic E-state index is 0.302. The van der Waals surface area contributed by atoms with Crippen molar-refractivity contribution >= 4 is 10.8 Å². The molecule has 2 aromatic heterocycles. The Balaban J connectivity index is 2.20. The summed E-state index contributed by atoms with van der Waals surface area (Å²) in [7, 11) is 1.80. The van der Waals surface area contributed by atoms with Crippen molar-refractivity contribution in [3.8, 4) is 0 Å². The Bertz CT molecular complexity index is 737. The summed E-state index contributed by atoms with van der Waals surface area (Å²) in [5.74, 6) is -0.332. The number of pyridine rings is 2. The van der Waals surface area contributed by atoms with E-state index in [4.69, 9.17) is 0 Å². The van der Waals surface area contributed by atoms with Gasteiger partial charge in [-0.05, 0) is 24.6 Å². The van der Waals surface area contributed by atoms with Crippen LogP contribution in [0, 0.1) is 5.82 Å². The maximum Gasteiger partial charge on any atom is 0.146 e. The molecule has 0 saturated carbocycles. The van der Waals surface area contributed by atoms with Crippen molar-refractivity contribution in [2.45, 2.75) is 6.04 Å². The summed E-state index contributed by atoms with van der Waals surface area (Å²) in [6, 6.07) is 11.3. The number of benzene rings is 1. The van der Waals surface area contributed by atoms with Gasteiger partial charge in [0.1, 0.15) is 5.82 Å². The molecule has 0 radical (unpaired) electrons. The van der Waals surface area contributed by atoms with Crippen LogP contribution in [0.2, 0.25) is 0 Å². The second kappa shape index (κ2) is 5.35. The second-order valence-electron chi connectivity index (χ2n) is 4.54. The molecule has 3 nitrogen and oxygen atoms in total. The molecule has 3 rings (SSSR count). The summed E-state index contributed by atoms with van der Waals surface area (Å²) in [5.41, 5.74) is 1.36. The molecule has 0 fully saturated rings. The molecule has 20 heavy (non-hydrogen) atoms. The highest BCUT2D eigenvalue weighted by molar-refractivity contribution is 5.85. The minimum atomic E-state index is -0.332. The maximum absolute atomic E-state index is 14.0. The van der Waals surface area contributed by atoms with Crippen LogP contribution < -0.4 is 5.32 Å². The van der Waals surface area contributed by atoms with Crippen LogP contribution in [-0.4, -0.2) is 17.0 Å². The third kappa shape index (κ3) is 2.14. The lowest BCUT2D eigenvalue weighted by molar-refractivity contribution is 0.567. The molecule has 1 atom stereocenters. The zero-order valence-corrected chi connectivity index (χ0v) is 11.0. The van der Waals surface area contributed by atoms with E-state index in [1.807, 2.05) is 30.3 Å². The van der Waals surface area contributed by atoms with Crippen molar-refractivity contribution in [3.63, 3.8) is 0 Å². The van der Waals surface area contributed by atoms with Crippen LogP contribution in [0.5, 0.6) is 0 Å². The van der Waals surface area contributed by atoms with Gasteiger partial charge in [-0.25, -0.2) is 4.39 Å². The molecule has 1 aromatic carbocycles. The Morgan fingerprint density at radius 1 is 1.10 bits per heavy atom. The number of hydrogen-bond acceptors (Lipinski definition) is 3. The first-order chi connectivity index (χ1) is 9.81. The van der Waals surface area contributed by atoms with Crippen molar-refractivity contribution in [1.82, 2.24) is 15.3 Å². The Morgan fingerprint density at radius 3 is 2.75 bits per heavy atom. The first-order valence-corrected chi connectivity index (χ1v) is 6.41. The smallest absolute Gasteiger partial charge is 0.146 e. The standard InChI is InChI=1S/C16H14FN3/c1-18-15(13-7-8-19-10-14(13)17)16-12-5-3-2-4-11(12)6-9-20-16/h2-10,15,18H,1H3. The number of fused-ring (bicyclic) bond motifs is 1. The molecule has 0 bridgehead atoms. The Hall–Kier alpha value is -2.33. The first-order valence-electron chi connectivity index (χ1n) is 6.41. The van der Waals surface area contributed by atoms with Crippen LogP contribution >= 0.6 is 0 Å². The van der Waals surface area contributed by atoms with E-state index in [1.165, 1.54) is 6.20 Å². The summed E-state index contributed by atoms with van der Waals surface area (Å²) >= 11 is 0. The number of aromatic nitrogens is 2. The van der Waals surface area contributed by atoms with Crippen LogP contribution in [0.1, 0.15) is 17.3 Å². The molecule has 0 amide bonds. The van der Waals surface area contributed by atoms with E-state index in [2.05, 4.69) is 15.3 Å². The third-order valence-electron chi connectivity index (χ3n) is 3.38. The Kier molecular flexibility index (Phi) is 3.39. The third-order valence-corrected chi connectivity index (χ3v) is 3.38. The molecule has 2 heterocycles. The average molecular weight is 267 g/mol. The van der Waals surface area contributed by atoms with Gasteiger partial charge in [0.2, 0.25) is 0 Å². The Labute approximate surface area is 116 Å². The van der Waals surface area contributed by atoms with Crippen LogP contribution in [0.15, 0.2) is 55.0 Å². The largest absolute Gasteiger partial charge is 0.308 e. The SMILES string of the molecule is CNC(c1ccncc1F)c1nccc2ccccc12. The molecule has 100 valence electrons. The van der Waals surface area contributed by atoms with Gasteiger partial charge in [0.05, 0.1) is 17.9 Å². The number of rotatable bonds is 3. The monoisotopic (exact) mass is 267 g/mol. The molecule has 3 aromatic rings. The van der Waals surface area contributed by atoms with E-state index in [9.17, 15) is 4.39 Å². The van der Waals surface area contributed by atoms with Crippen molar-refractivity contribution in [3.05, 3.63) is 72.1 Å². The van der Waals surface area contributed by atoms with Crippen molar-refractivity contribution < 1.29 is 4.39 Å². The lowest BCUT2D eigenvalue weighted by Crippen LogP contribution is -2.20. The zero-order valence-electron chi connectivity index (χ0n) is 11.0. The quantitative estimate of drug-likeness (QED) is 0.792. The van der Waals surface area contributed by atoms with Gasteiger partial charge < -0.3 is 5.32 Å². The van der Waals surface area contributed by atoms with Gasteiger partial charge in [0.15, 0.2) is 0 Å².